The van der Waals surface area contributed by atoms with E-state index in [1.165, 1.54) is 0 Å². The molecule has 0 fully saturated rings. The van der Waals surface area contributed by atoms with Gasteiger partial charge in [-0.3, -0.25) is 4.79 Å². The van der Waals surface area contributed by atoms with Crippen LogP contribution in [0.4, 0.5) is 0 Å². The Kier molecular flexibility index (Phi) is 4.40. The fourth-order valence-electron chi connectivity index (χ4n) is 1.65. The molecule has 0 saturated carbocycles. The number of allylic oxidation sites excluding steroid dienone is 2. The maximum atomic E-state index is 11.9. The van der Waals surface area contributed by atoms with Crippen LogP contribution in [0, 0.1) is 5.92 Å². The van der Waals surface area contributed by atoms with Crippen LogP contribution in [0.25, 0.3) is 0 Å². The Morgan fingerprint density at radius 3 is 2.71 bits per heavy atom. The molecule has 0 radical (unpaired) electrons. The van der Waals surface area contributed by atoms with Crippen molar-refractivity contribution < 1.29 is 9.90 Å². The minimum Gasteiger partial charge on any atom is -0.395 e. The maximum Gasteiger partial charge on any atom is 0.226 e. The van der Waals surface area contributed by atoms with E-state index in [0.717, 1.165) is 12.8 Å². The van der Waals surface area contributed by atoms with Gasteiger partial charge in [0.2, 0.25) is 5.91 Å². The average molecular weight is 195 g/mol. The predicted molar refractivity (Wildman–Crippen MR) is 55.7 cm³/mol. The van der Waals surface area contributed by atoms with Crippen LogP contribution in [-0.4, -0.2) is 35.6 Å². The molecule has 1 aliphatic rings. The molecule has 1 aliphatic carbocycles. The Bertz CT molecular complexity index is 227. The topological polar surface area (TPSA) is 40.5 Å². The lowest BCUT2D eigenvalue weighted by molar-refractivity contribution is -0.135. The van der Waals surface area contributed by atoms with Crippen LogP contribution in [0.1, 0.15) is 12.8 Å². The lowest BCUT2D eigenvalue weighted by atomic mass is 10.1. The predicted octanol–water partition coefficient (Wildman–Crippen LogP) is 0.960. The first-order chi connectivity index (χ1) is 6.79. The molecular weight excluding hydrogens is 178 g/mol. The maximum absolute atomic E-state index is 11.9. The lowest BCUT2D eigenvalue weighted by Gasteiger charge is -2.23. The van der Waals surface area contributed by atoms with E-state index in [-0.39, 0.29) is 18.4 Å². The number of nitrogens with zero attached hydrogens (tertiary/aromatic N) is 1. The van der Waals surface area contributed by atoms with Gasteiger partial charge < -0.3 is 10.0 Å². The highest BCUT2D eigenvalue weighted by atomic mass is 16.3. The molecule has 14 heavy (non-hydrogen) atoms. The third kappa shape index (κ3) is 2.70. The fraction of sp³-hybridized carbons (Fsp3) is 0.545. The van der Waals surface area contributed by atoms with Gasteiger partial charge in [0, 0.05) is 19.0 Å². The quantitative estimate of drug-likeness (QED) is 0.664. The second kappa shape index (κ2) is 5.60. The first-order valence-electron chi connectivity index (χ1n) is 4.95. The third-order valence-corrected chi connectivity index (χ3v) is 2.39. The van der Waals surface area contributed by atoms with Crippen LogP contribution in [0.2, 0.25) is 0 Å². The molecule has 0 unspecified atom stereocenters. The summed E-state index contributed by atoms with van der Waals surface area (Å²) < 4.78 is 0. The average Bonchev–Trinajstić information content (AvgIpc) is 2.69. The van der Waals surface area contributed by atoms with Gasteiger partial charge in [-0.05, 0) is 12.8 Å². The summed E-state index contributed by atoms with van der Waals surface area (Å²) in [5.41, 5.74) is 0. The summed E-state index contributed by atoms with van der Waals surface area (Å²) in [5.74, 6) is 0.213. The van der Waals surface area contributed by atoms with E-state index < -0.39 is 0 Å². The summed E-state index contributed by atoms with van der Waals surface area (Å²) in [6.07, 6.45) is 7.42. The van der Waals surface area contributed by atoms with Gasteiger partial charge in [-0.1, -0.05) is 18.2 Å². The number of hydrogen-bond donors (Lipinski definition) is 1. The molecule has 0 aromatic heterocycles. The Hall–Kier alpha value is -1.09. The molecule has 3 heteroatoms. The Morgan fingerprint density at radius 1 is 1.57 bits per heavy atom. The molecule has 0 aromatic rings. The van der Waals surface area contributed by atoms with Gasteiger partial charge in [0.25, 0.3) is 0 Å². The summed E-state index contributed by atoms with van der Waals surface area (Å²) in [7, 11) is 0. The van der Waals surface area contributed by atoms with Crippen LogP contribution >= 0.6 is 0 Å². The first-order valence-corrected chi connectivity index (χ1v) is 4.95. The molecule has 1 rings (SSSR count). The van der Waals surface area contributed by atoms with Crippen molar-refractivity contribution in [3.8, 4) is 0 Å². The molecule has 0 heterocycles. The van der Waals surface area contributed by atoms with E-state index in [4.69, 9.17) is 5.11 Å². The summed E-state index contributed by atoms with van der Waals surface area (Å²) in [5, 5.41) is 8.81. The summed E-state index contributed by atoms with van der Waals surface area (Å²) in [4.78, 5) is 13.5. The van der Waals surface area contributed by atoms with Gasteiger partial charge in [0.05, 0.1) is 6.61 Å². The van der Waals surface area contributed by atoms with Gasteiger partial charge >= 0.3 is 0 Å². The first kappa shape index (κ1) is 11.0. The molecule has 0 aliphatic heterocycles. The van der Waals surface area contributed by atoms with Crippen molar-refractivity contribution in [2.75, 3.05) is 19.7 Å². The molecular formula is C11H17NO2. The van der Waals surface area contributed by atoms with E-state index in [0.29, 0.717) is 13.1 Å². The summed E-state index contributed by atoms with van der Waals surface area (Å²) in [6.45, 7) is 4.54. The minimum absolute atomic E-state index is 0.0136. The molecule has 0 bridgehead atoms. The van der Waals surface area contributed by atoms with Crippen LogP contribution in [0.3, 0.4) is 0 Å². The van der Waals surface area contributed by atoms with Crippen LogP contribution in [0.5, 0.6) is 0 Å². The Balaban J connectivity index is 2.48. The van der Waals surface area contributed by atoms with Gasteiger partial charge in [-0.2, -0.15) is 0 Å². The van der Waals surface area contributed by atoms with E-state index in [9.17, 15) is 4.79 Å². The molecule has 0 atom stereocenters. The van der Waals surface area contributed by atoms with Crippen LogP contribution in [0.15, 0.2) is 24.8 Å². The van der Waals surface area contributed by atoms with E-state index >= 15 is 0 Å². The zero-order valence-electron chi connectivity index (χ0n) is 8.35. The number of amides is 1. The normalized spacial score (nSPS) is 15.8. The number of aliphatic hydroxyl groups is 1. The highest BCUT2D eigenvalue weighted by Crippen LogP contribution is 2.20. The monoisotopic (exact) mass is 195 g/mol. The second-order valence-electron chi connectivity index (χ2n) is 3.44. The number of carbonyl (C=O) groups excluding carboxylic acids is 1. The van der Waals surface area contributed by atoms with Crippen LogP contribution in [-0.2, 0) is 4.79 Å². The highest BCUT2D eigenvalue weighted by Gasteiger charge is 2.23. The smallest absolute Gasteiger partial charge is 0.226 e. The molecule has 1 amide bonds. The fourth-order valence-corrected chi connectivity index (χ4v) is 1.65. The van der Waals surface area contributed by atoms with Gasteiger partial charge in [0.1, 0.15) is 0 Å². The van der Waals surface area contributed by atoms with E-state index in [1.54, 1.807) is 11.0 Å². The number of aliphatic hydroxyl groups excluding tert-OH is 1. The van der Waals surface area contributed by atoms with Crippen molar-refractivity contribution in [3.63, 3.8) is 0 Å². The zero-order chi connectivity index (χ0) is 10.4. The molecule has 0 spiro atoms. The van der Waals surface area contributed by atoms with Crippen molar-refractivity contribution in [2.45, 2.75) is 12.8 Å². The molecule has 78 valence electrons. The molecule has 0 aromatic carbocycles. The third-order valence-electron chi connectivity index (χ3n) is 2.39. The van der Waals surface area contributed by atoms with Crippen molar-refractivity contribution >= 4 is 5.91 Å². The van der Waals surface area contributed by atoms with Crippen molar-refractivity contribution in [2.24, 2.45) is 5.92 Å². The van der Waals surface area contributed by atoms with E-state index in [2.05, 4.69) is 6.58 Å². The standard InChI is InChI=1S/C11H17NO2/c1-2-7-12(8-9-13)11(14)10-5-3-4-6-10/h2-4,10,13H,1,5-9H2. The minimum atomic E-state index is 0.0136. The van der Waals surface area contributed by atoms with E-state index in [1.807, 2.05) is 12.2 Å². The van der Waals surface area contributed by atoms with Crippen LogP contribution < -0.4 is 0 Å². The second-order valence-corrected chi connectivity index (χ2v) is 3.44. The van der Waals surface area contributed by atoms with Gasteiger partial charge in [-0.15, -0.1) is 6.58 Å². The molecule has 1 N–H and O–H groups in total. The van der Waals surface area contributed by atoms with Gasteiger partial charge in [0.15, 0.2) is 0 Å². The SMILES string of the molecule is C=CCN(CCO)C(=O)C1CC=CC1. The van der Waals surface area contributed by atoms with Crippen molar-refractivity contribution in [1.29, 1.82) is 0 Å². The van der Waals surface area contributed by atoms with Crippen molar-refractivity contribution in [1.82, 2.24) is 4.90 Å². The largest absolute Gasteiger partial charge is 0.395 e. The Labute approximate surface area is 84.7 Å². The number of carbonyl (C=O) groups is 1. The highest BCUT2D eigenvalue weighted by molar-refractivity contribution is 5.79. The summed E-state index contributed by atoms with van der Waals surface area (Å²) >= 11 is 0. The zero-order valence-corrected chi connectivity index (χ0v) is 8.35. The molecule has 0 saturated heterocycles. The lowest BCUT2D eigenvalue weighted by Crippen LogP contribution is -2.37. The van der Waals surface area contributed by atoms with Crippen molar-refractivity contribution in [3.05, 3.63) is 24.8 Å². The number of rotatable bonds is 5. The Morgan fingerprint density at radius 2 is 2.21 bits per heavy atom. The number of hydrogen-bond acceptors (Lipinski definition) is 2. The van der Waals surface area contributed by atoms with Gasteiger partial charge in [-0.25, -0.2) is 0 Å². The summed E-state index contributed by atoms with van der Waals surface area (Å²) in [6, 6.07) is 0. The molecule has 3 nitrogen and oxygen atoms in total.